The fourth-order valence-electron chi connectivity index (χ4n) is 1.95. The quantitative estimate of drug-likeness (QED) is 0.576. The molecule has 2 aliphatic rings. The minimum atomic E-state index is -0.578. The summed E-state index contributed by atoms with van der Waals surface area (Å²) >= 11 is 0. The van der Waals surface area contributed by atoms with Crippen molar-refractivity contribution in [3.05, 3.63) is 0 Å². The normalized spacial score (nSPS) is 30.4. The Morgan fingerprint density at radius 3 is 2.88 bits per heavy atom. The van der Waals surface area contributed by atoms with Crippen LogP contribution >= 0.6 is 0 Å². The summed E-state index contributed by atoms with van der Waals surface area (Å²) in [4.78, 5) is 35.9. The van der Waals surface area contributed by atoms with E-state index in [1.165, 1.54) is 4.90 Å². The molecule has 2 saturated heterocycles. The Labute approximate surface area is 92.9 Å². The molecule has 88 valence electrons. The number of hydrogen-bond acceptors (Lipinski definition) is 4. The van der Waals surface area contributed by atoms with Crippen LogP contribution in [-0.2, 0) is 19.1 Å². The maximum absolute atomic E-state index is 12.0. The number of imide groups is 1. The van der Waals surface area contributed by atoms with E-state index in [1.54, 1.807) is 6.92 Å². The molecule has 16 heavy (non-hydrogen) atoms. The van der Waals surface area contributed by atoms with Crippen LogP contribution in [0.2, 0.25) is 0 Å². The molecule has 2 fully saturated rings. The summed E-state index contributed by atoms with van der Waals surface area (Å²) in [5.74, 6) is -1.20. The van der Waals surface area contributed by atoms with Crippen LogP contribution in [0.25, 0.3) is 0 Å². The van der Waals surface area contributed by atoms with Crippen LogP contribution in [0.3, 0.4) is 0 Å². The number of rotatable bonds is 1. The van der Waals surface area contributed by atoms with Gasteiger partial charge in [0.15, 0.2) is 0 Å². The van der Waals surface area contributed by atoms with Crippen LogP contribution in [-0.4, -0.2) is 48.4 Å². The first kappa shape index (κ1) is 11.1. The van der Waals surface area contributed by atoms with Crippen molar-refractivity contribution in [2.24, 2.45) is 5.92 Å². The molecule has 0 bridgehead atoms. The Kier molecular flexibility index (Phi) is 2.91. The summed E-state index contributed by atoms with van der Waals surface area (Å²) in [6.07, 6.45) is 0.665. The topological polar surface area (TPSA) is 75.7 Å². The van der Waals surface area contributed by atoms with Gasteiger partial charge in [-0.15, -0.1) is 0 Å². The van der Waals surface area contributed by atoms with E-state index in [0.29, 0.717) is 19.6 Å². The third-order valence-corrected chi connectivity index (χ3v) is 2.99. The highest BCUT2D eigenvalue weighted by atomic mass is 16.5. The van der Waals surface area contributed by atoms with Crippen molar-refractivity contribution in [2.45, 2.75) is 19.4 Å². The van der Waals surface area contributed by atoms with Crippen molar-refractivity contribution in [3.63, 3.8) is 0 Å². The second kappa shape index (κ2) is 4.21. The Balaban J connectivity index is 2.09. The van der Waals surface area contributed by atoms with E-state index >= 15 is 0 Å². The summed E-state index contributed by atoms with van der Waals surface area (Å²) in [6.45, 7) is 2.54. The summed E-state index contributed by atoms with van der Waals surface area (Å²) in [5.41, 5.74) is 0. The molecule has 3 amide bonds. The minimum Gasteiger partial charge on any atom is -0.381 e. The molecule has 2 atom stereocenters. The average Bonchev–Trinajstić information content (AvgIpc) is 2.75. The van der Waals surface area contributed by atoms with E-state index in [-0.39, 0.29) is 18.4 Å². The van der Waals surface area contributed by atoms with Gasteiger partial charge in [-0.1, -0.05) is 0 Å². The van der Waals surface area contributed by atoms with Crippen LogP contribution < -0.4 is 5.32 Å². The molecule has 0 spiro atoms. The van der Waals surface area contributed by atoms with Crippen LogP contribution in [0.1, 0.15) is 13.3 Å². The zero-order valence-electron chi connectivity index (χ0n) is 9.06. The maximum atomic E-state index is 12.0. The molecule has 2 aliphatic heterocycles. The van der Waals surface area contributed by atoms with Gasteiger partial charge in [0.1, 0.15) is 12.6 Å². The third-order valence-electron chi connectivity index (χ3n) is 2.99. The molecule has 0 aromatic rings. The summed E-state index contributed by atoms with van der Waals surface area (Å²) < 4.78 is 5.12. The molecule has 2 rings (SSSR count). The van der Waals surface area contributed by atoms with Gasteiger partial charge >= 0.3 is 0 Å². The zero-order chi connectivity index (χ0) is 11.7. The lowest BCUT2D eigenvalue weighted by atomic mass is 10.1. The smallest absolute Gasteiger partial charge is 0.249 e. The van der Waals surface area contributed by atoms with Crippen LogP contribution in [0.15, 0.2) is 0 Å². The van der Waals surface area contributed by atoms with Crippen LogP contribution in [0.5, 0.6) is 0 Å². The van der Waals surface area contributed by atoms with E-state index in [1.807, 2.05) is 0 Å². The van der Waals surface area contributed by atoms with Gasteiger partial charge in [-0.05, 0) is 13.3 Å². The van der Waals surface area contributed by atoms with Gasteiger partial charge in [-0.3, -0.25) is 19.7 Å². The molecule has 6 nitrogen and oxygen atoms in total. The summed E-state index contributed by atoms with van der Waals surface area (Å²) in [5, 5.41) is 2.20. The average molecular weight is 226 g/mol. The fraction of sp³-hybridized carbons (Fsp3) is 0.700. The molecule has 2 unspecified atom stereocenters. The number of ether oxygens (including phenoxy) is 1. The van der Waals surface area contributed by atoms with Gasteiger partial charge in [0.25, 0.3) is 0 Å². The highest BCUT2D eigenvalue weighted by molar-refractivity contribution is 6.04. The van der Waals surface area contributed by atoms with E-state index in [2.05, 4.69) is 5.32 Å². The van der Waals surface area contributed by atoms with Crippen LogP contribution in [0, 0.1) is 5.92 Å². The van der Waals surface area contributed by atoms with Gasteiger partial charge in [-0.2, -0.15) is 0 Å². The van der Waals surface area contributed by atoms with Crippen molar-refractivity contribution >= 4 is 17.7 Å². The first-order valence-electron chi connectivity index (χ1n) is 5.31. The van der Waals surface area contributed by atoms with Gasteiger partial charge in [-0.25, -0.2) is 0 Å². The largest absolute Gasteiger partial charge is 0.381 e. The van der Waals surface area contributed by atoms with E-state index in [9.17, 15) is 14.4 Å². The molecule has 0 aromatic carbocycles. The number of carbonyl (C=O) groups is 3. The van der Waals surface area contributed by atoms with E-state index < -0.39 is 17.9 Å². The highest BCUT2D eigenvalue weighted by Crippen LogP contribution is 2.18. The number of nitrogens with one attached hydrogen (secondary N) is 1. The Bertz CT molecular complexity index is 336. The van der Waals surface area contributed by atoms with Crippen molar-refractivity contribution in [2.75, 3.05) is 19.8 Å². The Hall–Kier alpha value is -1.43. The predicted molar refractivity (Wildman–Crippen MR) is 53.3 cm³/mol. The lowest BCUT2D eigenvalue weighted by Crippen LogP contribution is -2.59. The zero-order valence-corrected chi connectivity index (χ0v) is 9.06. The van der Waals surface area contributed by atoms with E-state index in [4.69, 9.17) is 4.74 Å². The van der Waals surface area contributed by atoms with E-state index in [0.717, 1.165) is 0 Å². The molecule has 1 N–H and O–H groups in total. The van der Waals surface area contributed by atoms with Crippen molar-refractivity contribution < 1.29 is 19.1 Å². The monoisotopic (exact) mass is 226 g/mol. The number of nitrogens with zero attached hydrogens (tertiary/aromatic N) is 1. The molecule has 6 heteroatoms. The Morgan fingerprint density at radius 2 is 2.25 bits per heavy atom. The summed E-state index contributed by atoms with van der Waals surface area (Å²) in [7, 11) is 0. The minimum absolute atomic E-state index is 0.0394. The molecule has 2 heterocycles. The second-order valence-corrected chi connectivity index (χ2v) is 4.12. The lowest BCUT2D eigenvalue weighted by Gasteiger charge is -2.33. The maximum Gasteiger partial charge on any atom is 0.249 e. The van der Waals surface area contributed by atoms with Gasteiger partial charge in [0.2, 0.25) is 17.7 Å². The number of hydrogen-bond donors (Lipinski definition) is 1. The molecule has 0 radical (unpaired) electrons. The van der Waals surface area contributed by atoms with Gasteiger partial charge in [0, 0.05) is 6.61 Å². The first-order valence-corrected chi connectivity index (χ1v) is 5.31. The van der Waals surface area contributed by atoms with Crippen molar-refractivity contribution in [1.29, 1.82) is 0 Å². The highest BCUT2D eigenvalue weighted by Gasteiger charge is 2.37. The standard InChI is InChI=1S/C10H14N2O4/c1-6-9(14)11-8(13)4-12(6)10(15)7-2-3-16-5-7/h6-7H,2-5H2,1H3,(H,11,13,14). The second-order valence-electron chi connectivity index (χ2n) is 4.12. The number of piperazine rings is 1. The molecular formula is C10H14N2O4. The molecule has 0 aliphatic carbocycles. The van der Waals surface area contributed by atoms with Gasteiger partial charge in [0.05, 0.1) is 12.5 Å². The summed E-state index contributed by atoms with van der Waals surface area (Å²) in [6, 6.07) is -0.578. The predicted octanol–water partition coefficient (Wildman–Crippen LogP) is -1.10. The first-order chi connectivity index (χ1) is 7.59. The van der Waals surface area contributed by atoms with Gasteiger partial charge < -0.3 is 9.64 Å². The molecule has 0 aromatic heterocycles. The number of amides is 3. The fourth-order valence-corrected chi connectivity index (χ4v) is 1.95. The third kappa shape index (κ3) is 1.92. The number of carbonyl (C=O) groups excluding carboxylic acids is 3. The molecular weight excluding hydrogens is 212 g/mol. The SMILES string of the molecule is CC1C(=O)NC(=O)CN1C(=O)C1CCOC1. The van der Waals surface area contributed by atoms with Crippen molar-refractivity contribution in [1.82, 2.24) is 10.2 Å². The van der Waals surface area contributed by atoms with Crippen molar-refractivity contribution in [3.8, 4) is 0 Å². The van der Waals surface area contributed by atoms with Crippen LogP contribution in [0.4, 0.5) is 0 Å². The Morgan fingerprint density at radius 1 is 1.50 bits per heavy atom. The lowest BCUT2D eigenvalue weighted by molar-refractivity contribution is -0.151. The molecule has 0 saturated carbocycles.